The van der Waals surface area contributed by atoms with Crippen molar-refractivity contribution in [1.82, 2.24) is 4.90 Å². The number of nitrogens with one attached hydrogen (secondary N) is 1. The number of anilines is 1. The van der Waals surface area contributed by atoms with Crippen molar-refractivity contribution >= 4 is 40.8 Å². The Kier molecular flexibility index (Phi) is 4.90. The van der Waals surface area contributed by atoms with E-state index in [-0.39, 0.29) is 28.2 Å². The standard InChI is InChI=1S/C13H14Cl2FN3O2/c14-9-4-8(5-10(15)11(9)16)18-13(21)19-3-1-2-7(6-19)12(17)20/h4-5,7H,1-3,6H2,(H2,17,20)(H,18,21)/t7-/m1/s1. The Hall–Kier alpha value is -1.53. The van der Waals surface area contributed by atoms with Gasteiger partial charge < -0.3 is 16.0 Å². The highest BCUT2D eigenvalue weighted by molar-refractivity contribution is 6.35. The molecule has 1 saturated heterocycles. The minimum absolute atomic E-state index is 0.175. The first-order valence-corrected chi connectivity index (χ1v) is 7.14. The summed E-state index contributed by atoms with van der Waals surface area (Å²) in [5, 5.41) is 2.23. The smallest absolute Gasteiger partial charge is 0.321 e. The van der Waals surface area contributed by atoms with Gasteiger partial charge in [-0.15, -0.1) is 0 Å². The van der Waals surface area contributed by atoms with Gasteiger partial charge in [-0.2, -0.15) is 0 Å². The number of rotatable bonds is 2. The maximum absolute atomic E-state index is 13.3. The van der Waals surface area contributed by atoms with Crippen LogP contribution in [0.2, 0.25) is 10.0 Å². The number of amides is 3. The molecule has 0 unspecified atom stereocenters. The van der Waals surface area contributed by atoms with E-state index in [1.165, 1.54) is 17.0 Å². The SMILES string of the molecule is NC(=O)[C@@H]1CCCN(C(=O)Nc2cc(Cl)c(F)c(Cl)c2)C1. The molecular formula is C13H14Cl2FN3O2. The molecule has 8 heteroatoms. The van der Waals surface area contributed by atoms with Crippen LogP contribution in [0, 0.1) is 11.7 Å². The fourth-order valence-electron chi connectivity index (χ4n) is 2.22. The highest BCUT2D eigenvalue weighted by Gasteiger charge is 2.27. The summed E-state index contributed by atoms with van der Waals surface area (Å²) in [5.74, 6) is -1.49. The van der Waals surface area contributed by atoms with E-state index in [1.54, 1.807) is 0 Å². The van der Waals surface area contributed by atoms with Gasteiger partial charge >= 0.3 is 6.03 Å². The summed E-state index contributed by atoms with van der Waals surface area (Å²) < 4.78 is 13.3. The fourth-order valence-corrected chi connectivity index (χ4v) is 2.71. The summed E-state index contributed by atoms with van der Waals surface area (Å²) in [6, 6.07) is 2.14. The molecule has 0 aromatic heterocycles. The van der Waals surface area contributed by atoms with Gasteiger partial charge in [-0.25, -0.2) is 9.18 Å². The molecule has 0 aliphatic carbocycles. The molecule has 1 aliphatic rings. The molecule has 0 radical (unpaired) electrons. The van der Waals surface area contributed by atoms with Crippen molar-refractivity contribution in [3.8, 4) is 0 Å². The van der Waals surface area contributed by atoms with Crippen LogP contribution in [-0.2, 0) is 4.79 Å². The quantitative estimate of drug-likeness (QED) is 0.816. The van der Waals surface area contributed by atoms with Gasteiger partial charge in [0.2, 0.25) is 5.91 Å². The van der Waals surface area contributed by atoms with E-state index in [2.05, 4.69) is 5.32 Å². The largest absolute Gasteiger partial charge is 0.369 e. The summed E-state index contributed by atoms with van der Waals surface area (Å²) in [7, 11) is 0. The number of nitrogens with zero attached hydrogens (tertiary/aromatic N) is 1. The summed E-state index contributed by atoms with van der Waals surface area (Å²) in [6.45, 7) is 0.794. The van der Waals surface area contributed by atoms with Crippen LogP contribution in [0.5, 0.6) is 0 Å². The predicted molar refractivity (Wildman–Crippen MR) is 78.9 cm³/mol. The molecule has 1 fully saturated rings. The van der Waals surface area contributed by atoms with Gasteiger partial charge in [0.1, 0.15) is 0 Å². The second-order valence-corrected chi connectivity index (χ2v) is 5.69. The molecule has 5 nitrogen and oxygen atoms in total. The second kappa shape index (κ2) is 6.49. The highest BCUT2D eigenvalue weighted by atomic mass is 35.5. The number of hydrogen-bond donors (Lipinski definition) is 2. The maximum atomic E-state index is 13.3. The number of piperidine rings is 1. The van der Waals surface area contributed by atoms with E-state index in [4.69, 9.17) is 28.9 Å². The first kappa shape index (κ1) is 15.9. The van der Waals surface area contributed by atoms with Crippen molar-refractivity contribution < 1.29 is 14.0 Å². The number of benzene rings is 1. The van der Waals surface area contributed by atoms with Crippen LogP contribution in [0.15, 0.2) is 12.1 Å². The van der Waals surface area contributed by atoms with Crippen molar-refractivity contribution in [3.05, 3.63) is 28.0 Å². The maximum Gasteiger partial charge on any atom is 0.321 e. The lowest BCUT2D eigenvalue weighted by Gasteiger charge is -2.31. The van der Waals surface area contributed by atoms with Crippen LogP contribution in [-0.4, -0.2) is 29.9 Å². The monoisotopic (exact) mass is 333 g/mol. The Morgan fingerprint density at radius 3 is 2.52 bits per heavy atom. The van der Waals surface area contributed by atoms with Gasteiger partial charge in [-0.05, 0) is 25.0 Å². The number of primary amides is 1. The van der Waals surface area contributed by atoms with Crippen LogP contribution < -0.4 is 11.1 Å². The average molecular weight is 334 g/mol. The molecule has 0 bridgehead atoms. The lowest BCUT2D eigenvalue weighted by atomic mass is 9.98. The molecule has 0 saturated carbocycles. The number of likely N-dealkylation sites (tertiary alicyclic amines) is 1. The van der Waals surface area contributed by atoms with Gasteiger partial charge in [-0.3, -0.25) is 4.79 Å². The number of carbonyl (C=O) groups is 2. The van der Waals surface area contributed by atoms with Crippen LogP contribution in [0.3, 0.4) is 0 Å². The summed E-state index contributed by atoms with van der Waals surface area (Å²) in [6.07, 6.45) is 1.37. The van der Waals surface area contributed by atoms with Crippen molar-refractivity contribution in [2.75, 3.05) is 18.4 Å². The zero-order valence-corrected chi connectivity index (χ0v) is 12.5. The van der Waals surface area contributed by atoms with Crippen LogP contribution in [0.4, 0.5) is 14.9 Å². The van der Waals surface area contributed by atoms with Gasteiger partial charge in [0, 0.05) is 18.8 Å². The van der Waals surface area contributed by atoms with Gasteiger partial charge in [0.15, 0.2) is 5.82 Å². The molecule has 0 spiro atoms. The molecule has 1 aromatic carbocycles. The number of urea groups is 1. The Morgan fingerprint density at radius 1 is 1.33 bits per heavy atom. The highest BCUT2D eigenvalue weighted by Crippen LogP contribution is 2.27. The van der Waals surface area contributed by atoms with Crippen LogP contribution >= 0.6 is 23.2 Å². The third-order valence-corrected chi connectivity index (χ3v) is 3.90. The van der Waals surface area contributed by atoms with Crippen molar-refractivity contribution in [1.29, 1.82) is 0 Å². The van der Waals surface area contributed by atoms with E-state index >= 15 is 0 Å². The van der Waals surface area contributed by atoms with E-state index < -0.39 is 17.8 Å². The molecule has 2 rings (SSSR count). The first-order valence-electron chi connectivity index (χ1n) is 6.38. The Morgan fingerprint density at radius 2 is 1.95 bits per heavy atom. The van der Waals surface area contributed by atoms with Crippen molar-refractivity contribution in [2.45, 2.75) is 12.8 Å². The van der Waals surface area contributed by atoms with Crippen LogP contribution in [0.25, 0.3) is 0 Å². The predicted octanol–water partition coefficient (Wildman–Crippen LogP) is 2.86. The molecule has 1 aromatic rings. The number of hydrogen-bond acceptors (Lipinski definition) is 2. The molecule has 1 atom stereocenters. The average Bonchev–Trinajstić information content (AvgIpc) is 2.44. The number of nitrogens with two attached hydrogens (primary N) is 1. The molecule has 1 aliphatic heterocycles. The zero-order valence-electron chi connectivity index (χ0n) is 11.0. The summed E-state index contributed by atoms with van der Waals surface area (Å²) in [5.41, 5.74) is 5.55. The van der Waals surface area contributed by atoms with Crippen molar-refractivity contribution in [3.63, 3.8) is 0 Å². The number of carbonyl (C=O) groups excluding carboxylic acids is 2. The normalized spacial score (nSPS) is 18.4. The third-order valence-electron chi connectivity index (χ3n) is 3.35. The van der Waals surface area contributed by atoms with E-state index in [0.29, 0.717) is 19.4 Å². The molecule has 21 heavy (non-hydrogen) atoms. The van der Waals surface area contributed by atoms with Crippen molar-refractivity contribution in [2.24, 2.45) is 11.7 Å². The Balaban J connectivity index is 2.06. The van der Waals surface area contributed by atoms with Crippen LogP contribution in [0.1, 0.15) is 12.8 Å². The summed E-state index contributed by atoms with van der Waals surface area (Å²) in [4.78, 5) is 24.8. The topological polar surface area (TPSA) is 75.4 Å². The fraction of sp³-hybridized carbons (Fsp3) is 0.385. The molecular weight excluding hydrogens is 320 g/mol. The minimum atomic E-state index is -0.733. The Labute approximate surface area is 131 Å². The minimum Gasteiger partial charge on any atom is -0.369 e. The molecule has 3 N–H and O–H groups in total. The lowest BCUT2D eigenvalue weighted by molar-refractivity contribution is -0.123. The first-order chi connectivity index (χ1) is 9.88. The Bertz CT molecular complexity index is 560. The van der Waals surface area contributed by atoms with Gasteiger partial charge in [0.25, 0.3) is 0 Å². The van der Waals surface area contributed by atoms with Gasteiger partial charge in [-0.1, -0.05) is 23.2 Å². The zero-order chi connectivity index (χ0) is 15.6. The summed E-state index contributed by atoms with van der Waals surface area (Å²) >= 11 is 11.3. The van der Waals surface area contributed by atoms with Gasteiger partial charge in [0.05, 0.1) is 16.0 Å². The molecule has 1 heterocycles. The molecule has 3 amide bonds. The lowest BCUT2D eigenvalue weighted by Crippen LogP contribution is -2.45. The molecule has 114 valence electrons. The van der Waals surface area contributed by atoms with E-state index in [0.717, 1.165) is 0 Å². The third kappa shape index (κ3) is 3.77. The van der Waals surface area contributed by atoms with E-state index in [9.17, 15) is 14.0 Å². The van der Waals surface area contributed by atoms with E-state index in [1.807, 2.05) is 0 Å². The second-order valence-electron chi connectivity index (χ2n) is 4.87. The number of halogens is 3.